The summed E-state index contributed by atoms with van der Waals surface area (Å²) in [6.45, 7) is 4.53. The third kappa shape index (κ3) is 12.9. The van der Waals surface area contributed by atoms with Gasteiger partial charge in [0.15, 0.2) is 5.96 Å². The van der Waals surface area contributed by atoms with Crippen LogP contribution in [0.3, 0.4) is 0 Å². The Hall–Kier alpha value is -0.130. The minimum absolute atomic E-state index is 0. The van der Waals surface area contributed by atoms with Gasteiger partial charge in [-0.3, -0.25) is 4.99 Å². The van der Waals surface area contributed by atoms with E-state index in [0.29, 0.717) is 31.4 Å². The van der Waals surface area contributed by atoms with Crippen LogP contribution in [0.5, 0.6) is 0 Å². The Morgan fingerprint density at radius 3 is 2.57 bits per heavy atom. The molecule has 0 aliphatic carbocycles. The van der Waals surface area contributed by atoms with Crippen LogP contribution in [0.4, 0.5) is 0 Å². The van der Waals surface area contributed by atoms with Crippen molar-refractivity contribution in [2.75, 3.05) is 58.6 Å². The Morgan fingerprint density at radius 2 is 2.00 bits per heavy atom. The van der Waals surface area contributed by atoms with Crippen LogP contribution >= 0.6 is 24.0 Å². The van der Waals surface area contributed by atoms with E-state index in [0.717, 1.165) is 39.2 Å². The second-order valence-corrected chi connectivity index (χ2v) is 7.83. The van der Waals surface area contributed by atoms with Crippen molar-refractivity contribution < 1.29 is 17.9 Å². The van der Waals surface area contributed by atoms with Crippen molar-refractivity contribution >= 4 is 39.8 Å². The van der Waals surface area contributed by atoms with Crippen LogP contribution < -0.4 is 10.6 Å². The molecule has 23 heavy (non-hydrogen) atoms. The summed E-state index contributed by atoms with van der Waals surface area (Å²) >= 11 is 0. The van der Waals surface area contributed by atoms with E-state index in [1.807, 2.05) is 0 Å². The highest BCUT2D eigenvalue weighted by atomic mass is 127. The van der Waals surface area contributed by atoms with Crippen LogP contribution in [0, 0.1) is 5.92 Å². The largest absolute Gasteiger partial charge is 0.381 e. The Bertz CT molecular complexity index is 426. The number of hydrogen-bond acceptors (Lipinski definition) is 5. The van der Waals surface area contributed by atoms with E-state index in [4.69, 9.17) is 9.47 Å². The fraction of sp³-hybridized carbons (Fsp3) is 0.929. The topological polar surface area (TPSA) is 89.0 Å². The zero-order valence-electron chi connectivity index (χ0n) is 14.0. The van der Waals surface area contributed by atoms with Crippen molar-refractivity contribution in [3.05, 3.63) is 0 Å². The number of hydrogen-bond donors (Lipinski definition) is 2. The summed E-state index contributed by atoms with van der Waals surface area (Å²) in [5, 5.41) is 6.28. The molecule has 1 saturated heterocycles. The lowest BCUT2D eigenvalue weighted by atomic mass is 10.1. The van der Waals surface area contributed by atoms with Gasteiger partial charge in [0, 0.05) is 45.5 Å². The lowest BCUT2D eigenvalue weighted by Crippen LogP contribution is -2.38. The van der Waals surface area contributed by atoms with Gasteiger partial charge in [-0.2, -0.15) is 0 Å². The lowest BCUT2D eigenvalue weighted by Gasteiger charge is -2.12. The minimum atomic E-state index is -2.89. The first-order chi connectivity index (χ1) is 10.5. The summed E-state index contributed by atoms with van der Waals surface area (Å²) in [5.41, 5.74) is 0. The normalized spacial score (nSPS) is 18.5. The monoisotopic (exact) mass is 463 g/mol. The van der Waals surface area contributed by atoms with E-state index >= 15 is 0 Å². The third-order valence-corrected chi connectivity index (χ3v) is 4.37. The summed E-state index contributed by atoms with van der Waals surface area (Å²) in [6.07, 6.45) is 3.82. The van der Waals surface area contributed by atoms with E-state index in [1.54, 1.807) is 7.05 Å². The average Bonchev–Trinajstić information content (AvgIpc) is 2.97. The number of rotatable bonds is 10. The quantitative estimate of drug-likeness (QED) is 0.214. The molecule has 1 unspecified atom stereocenters. The molecule has 0 radical (unpaired) electrons. The molecule has 1 rings (SSSR count). The smallest absolute Gasteiger partial charge is 0.190 e. The number of guanidine groups is 1. The molecule has 0 spiro atoms. The summed E-state index contributed by atoms with van der Waals surface area (Å²) in [4.78, 5) is 4.09. The fourth-order valence-electron chi connectivity index (χ4n) is 2.11. The first-order valence-corrected chi connectivity index (χ1v) is 9.85. The van der Waals surface area contributed by atoms with Gasteiger partial charge in [-0.05, 0) is 19.3 Å². The van der Waals surface area contributed by atoms with Gasteiger partial charge in [-0.15, -0.1) is 24.0 Å². The van der Waals surface area contributed by atoms with Gasteiger partial charge in [0.25, 0.3) is 0 Å². The van der Waals surface area contributed by atoms with Crippen molar-refractivity contribution in [1.82, 2.24) is 10.6 Å². The predicted octanol–water partition coefficient (Wildman–Crippen LogP) is 0.647. The Balaban J connectivity index is 0.00000484. The first kappa shape index (κ1) is 22.9. The molecule has 138 valence electrons. The van der Waals surface area contributed by atoms with E-state index in [9.17, 15) is 8.42 Å². The molecule has 0 aromatic heterocycles. The predicted molar refractivity (Wildman–Crippen MR) is 103 cm³/mol. The van der Waals surface area contributed by atoms with Crippen LogP contribution in [0.15, 0.2) is 4.99 Å². The highest BCUT2D eigenvalue weighted by Gasteiger charge is 2.15. The molecule has 1 fully saturated rings. The molecule has 2 N–H and O–H groups in total. The summed E-state index contributed by atoms with van der Waals surface area (Å²) in [7, 11) is -1.19. The molecule has 9 heteroatoms. The maximum absolute atomic E-state index is 11.0. The van der Waals surface area contributed by atoms with Gasteiger partial charge < -0.3 is 20.1 Å². The standard InChI is InChI=1S/C14H29N3O4S.HI/c1-15-14(17-7-4-10-22(2,18)19)16-6-3-8-20-11-13-5-9-21-12-13;/h13H,3-12H2,1-2H3,(H2,15,16,17);1H. The zero-order chi connectivity index (χ0) is 16.3. The molecule has 1 aliphatic rings. The Labute approximate surface area is 156 Å². The van der Waals surface area contributed by atoms with Crippen LogP contribution in [0.2, 0.25) is 0 Å². The molecule has 0 saturated carbocycles. The second-order valence-electron chi connectivity index (χ2n) is 5.57. The molecule has 0 aromatic rings. The Morgan fingerprint density at radius 1 is 1.30 bits per heavy atom. The van der Waals surface area contributed by atoms with Gasteiger partial charge >= 0.3 is 0 Å². The van der Waals surface area contributed by atoms with Crippen molar-refractivity contribution in [3.63, 3.8) is 0 Å². The van der Waals surface area contributed by atoms with Crippen LogP contribution in [0.1, 0.15) is 19.3 Å². The van der Waals surface area contributed by atoms with E-state index in [-0.39, 0.29) is 29.7 Å². The molecule has 0 amide bonds. The molecular formula is C14H30IN3O4S. The number of nitrogens with zero attached hydrogens (tertiary/aromatic N) is 1. The average molecular weight is 463 g/mol. The van der Waals surface area contributed by atoms with Crippen molar-refractivity contribution in [3.8, 4) is 0 Å². The van der Waals surface area contributed by atoms with E-state index < -0.39 is 9.84 Å². The third-order valence-electron chi connectivity index (χ3n) is 3.34. The summed E-state index contributed by atoms with van der Waals surface area (Å²) < 4.78 is 33.0. The van der Waals surface area contributed by atoms with E-state index in [1.165, 1.54) is 6.26 Å². The Kier molecular flexibility index (Phi) is 13.1. The second kappa shape index (κ2) is 13.2. The highest BCUT2D eigenvalue weighted by Crippen LogP contribution is 2.12. The molecule has 1 aliphatic heterocycles. The van der Waals surface area contributed by atoms with Gasteiger partial charge in [0.2, 0.25) is 0 Å². The van der Waals surface area contributed by atoms with Crippen molar-refractivity contribution in [2.45, 2.75) is 19.3 Å². The molecule has 1 atom stereocenters. The minimum Gasteiger partial charge on any atom is -0.381 e. The lowest BCUT2D eigenvalue weighted by molar-refractivity contribution is 0.0888. The molecule has 0 aromatic carbocycles. The molecular weight excluding hydrogens is 433 g/mol. The molecule has 7 nitrogen and oxygen atoms in total. The van der Waals surface area contributed by atoms with Crippen molar-refractivity contribution in [2.24, 2.45) is 10.9 Å². The van der Waals surface area contributed by atoms with Gasteiger partial charge in [-0.25, -0.2) is 8.42 Å². The fourth-order valence-corrected chi connectivity index (χ4v) is 2.78. The maximum atomic E-state index is 11.0. The SMILES string of the molecule is CN=C(NCCCOCC1CCOC1)NCCCS(C)(=O)=O.I. The number of halogens is 1. The zero-order valence-corrected chi connectivity index (χ0v) is 17.2. The van der Waals surface area contributed by atoms with E-state index in [2.05, 4.69) is 15.6 Å². The van der Waals surface area contributed by atoms with Crippen LogP contribution in [-0.4, -0.2) is 73.0 Å². The number of sulfone groups is 1. The van der Waals surface area contributed by atoms with Crippen molar-refractivity contribution in [1.29, 1.82) is 0 Å². The maximum Gasteiger partial charge on any atom is 0.190 e. The first-order valence-electron chi connectivity index (χ1n) is 7.79. The molecule has 0 bridgehead atoms. The van der Waals surface area contributed by atoms with Crippen LogP contribution in [-0.2, 0) is 19.3 Å². The number of aliphatic imine (C=N–C) groups is 1. The van der Waals surface area contributed by atoms with Gasteiger partial charge in [0.1, 0.15) is 9.84 Å². The number of ether oxygens (including phenoxy) is 2. The summed E-state index contributed by atoms with van der Waals surface area (Å²) in [5.74, 6) is 1.44. The summed E-state index contributed by atoms with van der Waals surface area (Å²) in [6, 6.07) is 0. The van der Waals surface area contributed by atoms with Gasteiger partial charge in [-0.1, -0.05) is 0 Å². The van der Waals surface area contributed by atoms with Crippen LogP contribution in [0.25, 0.3) is 0 Å². The molecule has 1 heterocycles. The van der Waals surface area contributed by atoms with Gasteiger partial charge in [0.05, 0.1) is 19.0 Å². The highest BCUT2D eigenvalue weighted by molar-refractivity contribution is 14.0. The number of nitrogens with one attached hydrogen (secondary N) is 2.